The van der Waals surface area contributed by atoms with Gasteiger partial charge in [0.25, 0.3) is 5.91 Å². The molecule has 0 saturated heterocycles. The molecule has 6 heteroatoms. The van der Waals surface area contributed by atoms with Crippen LogP contribution in [0.3, 0.4) is 0 Å². The number of aromatic nitrogens is 1. The molecule has 0 aliphatic carbocycles. The van der Waals surface area contributed by atoms with Gasteiger partial charge in [-0.15, -0.1) is 0 Å². The van der Waals surface area contributed by atoms with E-state index in [1.807, 2.05) is 6.92 Å². The van der Waals surface area contributed by atoms with Gasteiger partial charge in [0.15, 0.2) is 0 Å². The lowest BCUT2D eigenvalue weighted by molar-refractivity contribution is 0.0944. The molecular weight excluding hydrogens is 238 g/mol. The molecule has 2 N–H and O–H groups in total. The van der Waals surface area contributed by atoms with Gasteiger partial charge in [0.05, 0.1) is 5.56 Å². The van der Waals surface area contributed by atoms with Gasteiger partial charge in [-0.3, -0.25) is 9.00 Å². The molecular formula is C11H17N3O2S. The molecule has 1 heterocycles. The molecule has 2 atom stereocenters. The van der Waals surface area contributed by atoms with E-state index in [4.69, 9.17) is 0 Å². The summed E-state index contributed by atoms with van der Waals surface area (Å²) >= 11 is 0. The van der Waals surface area contributed by atoms with Crippen molar-refractivity contribution in [2.24, 2.45) is 0 Å². The number of hydrogen-bond donors (Lipinski definition) is 2. The zero-order chi connectivity index (χ0) is 12.8. The summed E-state index contributed by atoms with van der Waals surface area (Å²) in [7, 11) is 0.790. The molecule has 0 spiro atoms. The second-order valence-electron chi connectivity index (χ2n) is 3.76. The number of carbonyl (C=O) groups excluding carboxylic acids is 1. The van der Waals surface area contributed by atoms with E-state index in [9.17, 15) is 9.00 Å². The molecule has 1 amide bonds. The largest absolute Gasteiger partial charge is 0.372 e. The van der Waals surface area contributed by atoms with E-state index in [1.165, 1.54) is 0 Å². The quantitative estimate of drug-likeness (QED) is 0.809. The number of hydrogen-bond acceptors (Lipinski definition) is 4. The normalized spacial score (nSPS) is 13.8. The predicted molar refractivity (Wildman–Crippen MR) is 69.6 cm³/mol. The molecule has 0 saturated carbocycles. The average Bonchev–Trinajstić information content (AvgIpc) is 2.27. The van der Waals surface area contributed by atoms with E-state index in [2.05, 4.69) is 15.6 Å². The monoisotopic (exact) mass is 255 g/mol. The van der Waals surface area contributed by atoms with Crippen molar-refractivity contribution in [1.82, 2.24) is 10.3 Å². The highest BCUT2D eigenvalue weighted by Crippen LogP contribution is 2.10. The Morgan fingerprint density at radius 2 is 2.29 bits per heavy atom. The van der Waals surface area contributed by atoms with Gasteiger partial charge in [-0.1, -0.05) is 0 Å². The van der Waals surface area contributed by atoms with Crippen LogP contribution in [0, 0.1) is 0 Å². The molecule has 1 aromatic rings. The van der Waals surface area contributed by atoms with E-state index in [0.29, 0.717) is 17.1 Å². The van der Waals surface area contributed by atoms with Crippen LogP contribution in [0.4, 0.5) is 5.82 Å². The highest BCUT2D eigenvalue weighted by molar-refractivity contribution is 7.84. The standard InChI is InChI=1S/C11H17N3O2S/c1-8(7-17(3)16)14-11(15)9-5-4-6-13-10(9)12-2/h4-6,8H,7H2,1-3H3,(H,12,13)(H,14,15). The van der Waals surface area contributed by atoms with E-state index < -0.39 is 10.8 Å². The summed E-state index contributed by atoms with van der Waals surface area (Å²) in [5.74, 6) is 0.774. The third-order valence-electron chi connectivity index (χ3n) is 2.15. The third kappa shape index (κ3) is 4.14. The number of anilines is 1. The number of pyridine rings is 1. The van der Waals surface area contributed by atoms with Crippen LogP contribution in [-0.2, 0) is 10.8 Å². The zero-order valence-corrected chi connectivity index (χ0v) is 11.0. The van der Waals surface area contributed by atoms with Crippen molar-refractivity contribution in [3.05, 3.63) is 23.9 Å². The van der Waals surface area contributed by atoms with E-state index >= 15 is 0 Å². The first-order valence-electron chi connectivity index (χ1n) is 5.28. The minimum absolute atomic E-state index is 0.127. The lowest BCUT2D eigenvalue weighted by atomic mass is 10.2. The minimum Gasteiger partial charge on any atom is -0.372 e. The van der Waals surface area contributed by atoms with Gasteiger partial charge in [-0.05, 0) is 19.1 Å². The molecule has 0 aromatic carbocycles. The zero-order valence-electron chi connectivity index (χ0n) is 10.2. The van der Waals surface area contributed by atoms with E-state index in [-0.39, 0.29) is 11.9 Å². The predicted octanol–water partition coefficient (Wildman–Crippen LogP) is 0.620. The highest BCUT2D eigenvalue weighted by Gasteiger charge is 2.14. The SMILES string of the molecule is CNc1ncccc1C(=O)NC(C)CS(C)=O. The fourth-order valence-corrected chi connectivity index (χ4v) is 2.27. The van der Waals surface area contributed by atoms with Gasteiger partial charge in [-0.25, -0.2) is 4.98 Å². The van der Waals surface area contributed by atoms with Crippen molar-refractivity contribution in [3.8, 4) is 0 Å². The first kappa shape index (κ1) is 13.6. The maximum Gasteiger partial charge on any atom is 0.255 e. The Morgan fingerprint density at radius 1 is 1.59 bits per heavy atom. The molecule has 0 fully saturated rings. The number of carbonyl (C=O) groups is 1. The van der Waals surface area contributed by atoms with Gasteiger partial charge >= 0.3 is 0 Å². The topological polar surface area (TPSA) is 71.1 Å². The van der Waals surface area contributed by atoms with Crippen LogP contribution in [0.1, 0.15) is 17.3 Å². The Balaban J connectivity index is 2.72. The Bertz CT molecular complexity index is 423. The molecule has 0 radical (unpaired) electrons. The third-order valence-corrected chi connectivity index (χ3v) is 3.12. The van der Waals surface area contributed by atoms with Gasteiger partial charge < -0.3 is 10.6 Å². The molecule has 0 aliphatic rings. The Hall–Kier alpha value is -1.43. The van der Waals surface area contributed by atoms with Crippen molar-refractivity contribution < 1.29 is 9.00 Å². The molecule has 1 rings (SSSR count). The van der Waals surface area contributed by atoms with E-state index in [0.717, 1.165) is 0 Å². The maximum atomic E-state index is 11.9. The number of rotatable bonds is 5. The van der Waals surface area contributed by atoms with Crippen LogP contribution in [0.15, 0.2) is 18.3 Å². The van der Waals surface area contributed by atoms with Crippen molar-refractivity contribution in [2.45, 2.75) is 13.0 Å². The summed E-state index contributed by atoms with van der Waals surface area (Å²) in [5, 5.41) is 5.65. The van der Waals surface area contributed by atoms with Gasteiger partial charge in [0, 0.05) is 42.1 Å². The van der Waals surface area contributed by atoms with Crippen LogP contribution in [0.25, 0.3) is 0 Å². The van der Waals surface area contributed by atoms with Crippen LogP contribution >= 0.6 is 0 Å². The fraction of sp³-hybridized carbons (Fsp3) is 0.455. The molecule has 5 nitrogen and oxygen atoms in total. The molecule has 1 aromatic heterocycles. The summed E-state index contributed by atoms with van der Waals surface area (Å²) in [4.78, 5) is 16.0. The summed E-state index contributed by atoms with van der Waals surface area (Å²) in [6.07, 6.45) is 3.24. The van der Waals surface area contributed by atoms with Crippen molar-refractivity contribution in [3.63, 3.8) is 0 Å². The smallest absolute Gasteiger partial charge is 0.255 e. The number of amides is 1. The van der Waals surface area contributed by atoms with Crippen molar-refractivity contribution in [1.29, 1.82) is 0 Å². The molecule has 2 unspecified atom stereocenters. The second kappa shape index (κ2) is 6.34. The average molecular weight is 255 g/mol. The van der Waals surface area contributed by atoms with Gasteiger partial charge in [-0.2, -0.15) is 0 Å². The Kier molecular flexibility index (Phi) is 5.09. The number of nitrogens with one attached hydrogen (secondary N) is 2. The van der Waals surface area contributed by atoms with Gasteiger partial charge in [0.2, 0.25) is 0 Å². The minimum atomic E-state index is -0.922. The Morgan fingerprint density at radius 3 is 2.88 bits per heavy atom. The molecule has 17 heavy (non-hydrogen) atoms. The summed E-state index contributed by atoms with van der Waals surface area (Å²) in [6, 6.07) is 3.28. The summed E-state index contributed by atoms with van der Waals surface area (Å²) < 4.78 is 11.0. The van der Waals surface area contributed by atoms with Crippen LogP contribution in [0.2, 0.25) is 0 Å². The summed E-state index contributed by atoms with van der Waals surface area (Å²) in [6.45, 7) is 1.83. The lowest BCUT2D eigenvalue weighted by Crippen LogP contribution is -2.36. The first-order valence-corrected chi connectivity index (χ1v) is 7.01. The Labute approximate surface area is 103 Å². The highest BCUT2D eigenvalue weighted by atomic mass is 32.2. The number of nitrogens with zero attached hydrogens (tertiary/aromatic N) is 1. The van der Waals surface area contributed by atoms with Crippen LogP contribution in [0.5, 0.6) is 0 Å². The molecule has 0 bridgehead atoms. The van der Waals surface area contributed by atoms with Crippen LogP contribution < -0.4 is 10.6 Å². The second-order valence-corrected chi connectivity index (χ2v) is 5.24. The lowest BCUT2D eigenvalue weighted by Gasteiger charge is -2.13. The molecule has 94 valence electrons. The molecule has 0 aliphatic heterocycles. The van der Waals surface area contributed by atoms with Gasteiger partial charge in [0.1, 0.15) is 5.82 Å². The fourth-order valence-electron chi connectivity index (χ4n) is 1.48. The van der Waals surface area contributed by atoms with Crippen LogP contribution in [-0.4, -0.2) is 40.2 Å². The van der Waals surface area contributed by atoms with E-state index in [1.54, 1.807) is 31.6 Å². The first-order chi connectivity index (χ1) is 8.04. The van der Waals surface area contributed by atoms with Crippen molar-refractivity contribution >= 4 is 22.5 Å². The summed E-state index contributed by atoms with van der Waals surface area (Å²) in [5.41, 5.74) is 0.490. The maximum absolute atomic E-state index is 11.9. The van der Waals surface area contributed by atoms with Crippen molar-refractivity contribution in [2.75, 3.05) is 24.4 Å².